The first-order chi connectivity index (χ1) is 26.8. The second-order valence-electron chi connectivity index (χ2n) is 14.2. The van der Waals surface area contributed by atoms with E-state index in [1.807, 2.05) is 26.0 Å². The summed E-state index contributed by atoms with van der Waals surface area (Å²) < 4.78 is 25.4. The van der Waals surface area contributed by atoms with Gasteiger partial charge in [-0.05, 0) is 95.1 Å². The Morgan fingerprint density at radius 3 is 2.39 bits per heavy atom. The first kappa shape index (κ1) is 43.3. The standard InChI is InChI=1S/C40H48N2O14/c1-4-9-27-22-24(2)10-8-21-52-40(51)56-37(48)32-18-17-31(53-32)33(44)34(45)38(49)55-39(50)35(46)42-20-6-5-12-28(42)36(47)54-30(25(3)13-15-29(27)43)16-14-26-11-7-19-41-23-26/h4,7,11,19,22-23,25,27-28,30-32H,1,5-6,8-10,12-18,20-21H2,2-3H3/b24-22+/t25-,27?,28+,30-,31-,32?/m1/s1. The minimum absolute atomic E-state index is 0.0476. The maximum absolute atomic E-state index is 13.8. The van der Waals surface area contributed by atoms with Crippen LogP contribution in [-0.4, -0.2) is 101 Å². The van der Waals surface area contributed by atoms with Crippen molar-refractivity contribution >= 4 is 53.3 Å². The molecule has 2 saturated heterocycles. The third kappa shape index (κ3) is 12.3. The third-order valence-corrected chi connectivity index (χ3v) is 10.0. The van der Waals surface area contributed by atoms with Crippen molar-refractivity contribution in [3.05, 3.63) is 54.4 Å². The number of hydrogen-bond acceptors (Lipinski definition) is 15. The quantitative estimate of drug-likeness (QED) is 0.137. The number of carbonyl (C=O) groups excluding carboxylic acids is 9. The van der Waals surface area contributed by atoms with Crippen LogP contribution in [0.2, 0.25) is 0 Å². The maximum Gasteiger partial charge on any atom is 0.516 e. The molecule has 4 rings (SSSR count). The van der Waals surface area contributed by atoms with E-state index in [0.717, 1.165) is 16.0 Å². The van der Waals surface area contributed by atoms with Crippen LogP contribution >= 0.6 is 0 Å². The van der Waals surface area contributed by atoms with Gasteiger partial charge in [0.05, 0.1) is 6.61 Å². The number of Topliss-reactive ketones (excluding diaryl/α,β-unsaturated/α-hetero) is 3. The summed E-state index contributed by atoms with van der Waals surface area (Å²) in [5.41, 5.74) is 1.76. The van der Waals surface area contributed by atoms with Gasteiger partial charge in [-0.25, -0.2) is 24.0 Å². The topological polar surface area (TPSA) is 216 Å². The lowest BCUT2D eigenvalue weighted by Crippen LogP contribution is -2.52. The molecule has 0 aliphatic carbocycles. The zero-order valence-electron chi connectivity index (χ0n) is 31.6. The minimum Gasteiger partial charge on any atom is -0.461 e. The molecular weight excluding hydrogens is 732 g/mol. The number of esters is 4. The third-order valence-electron chi connectivity index (χ3n) is 10.0. The molecule has 2 bridgehead atoms. The van der Waals surface area contributed by atoms with E-state index in [9.17, 15) is 43.2 Å². The van der Waals surface area contributed by atoms with Gasteiger partial charge in [0.2, 0.25) is 5.78 Å². The number of amides is 1. The molecule has 2 unspecified atom stereocenters. The number of aryl methyl sites for hydroxylation is 1. The van der Waals surface area contributed by atoms with Gasteiger partial charge in [0, 0.05) is 31.3 Å². The average molecular weight is 781 g/mol. The Balaban J connectivity index is 1.56. The lowest BCUT2D eigenvalue weighted by atomic mass is 9.88. The molecule has 0 radical (unpaired) electrons. The lowest BCUT2D eigenvalue weighted by molar-refractivity contribution is -0.175. The van der Waals surface area contributed by atoms with Gasteiger partial charge in [-0.2, -0.15) is 0 Å². The number of fused-ring (bicyclic) bond motifs is 3. The fraction of sp³-hybridized carbons (Fsp3) is 0.550. The van der Waals surface area contributed by atoms with E-state index in [1.165, 1.54) is 0 Å². The first-order valence-electron chi connectivity index (χ1n) is 18.9. The molecule has 4 heterocycles. The molecule has 3 aliphatic heterocycles. The van der Waals surface area contributed by atoms with Crippen molar-refractivity contribution in [1.82, 2.24) is 9.88 Å². The molecule has 56 heavy (non-hydrogen) atoms. The van der Waals surface area contributed by atoms with Crippen LogP contribution in [0.3, 0.4) is 0 Å². The highest BCUT2D eigenvalue weighted by atomic mass is 16.7. The molecule has 1 aromatic heterocycles. The Morgan fingerprint density at radius 2 is 1.66 bits per heavy atom. The van der Waals surface area contributed by atoms with Crippen LogP contribution in [-0.2, 0) is 68.5 Å². The number of carbonyl (C=O) groups is 9. The van der Waals surface area contributed by atoms with Crippen LogP contribution in [0.15, 0.2) is 48.8 Å². The van der Waals surface area contributed by atoms with Gasteiger partial charge in [0.15, 0.2) is 6.10 Å². The highest BCUT2D eigenvalue weighted by molar-refractivity contribution is 6.64. The van der Waals surface area contributed by atoms with Gasteiger partial charge >= 0.3 is 41.7 Å². The van der Waals surface area contributed by atoms with Crippen LogP contribution in [0.1, 0.15) is 90.0 Å². The second-order valence-corrected chi connectivity index (χ2v) is 14.2. The van der Waals surface area contributed by atoms with Crippen molar-refractivity contribution in [3.63, 3.8) is 0 Å². The number of ether oxygens (including phenoxy) is 5. The summed E-state index contributed by atoms with van der Waals surface area (Å²) in [6.07, 6.45) is 5.08. The zero-order valence-corrected chi connectivity index (χ0v) is 31.6. The largest absolute Gasteiger partial charge is 0.516 e. The number of piperidine rings is 1. The molecule has 302 valence electrons. The monoisotopic (exact) mass is 780 g/mol. The van der Waals surface area contributed by atoms with Crippen molar-refractivity contribution in [3.8, 4) is 0 Å². The van der Waals surface area contributed by atoms with Gasteiger partial charge in [-0.15, -0.1) is 6.58 Å². The van der Waals surface area contributed by atoms with E-state index in [1.54, 1.807) is 24.5 Å². The Bertz CT molecular complexity index is 1700. The van der Waals surface area contributed by atoms with E-state index < -0.39 is 77.8 Å². The van der Waals surface area contributed by atoms with Crippen molar-refractivity contribution in [2.24, 2.45) is 11.8 Å². The Hall–Kier alpha value is -5.38. The van der Waals surface area contributed by atoms with Crippen LogP contribution in [0.5, 0.6) is 0 Å². The zero-order chi connectivity index (χ0) is 40.8. The molecule has 2 fully saturated rings. The van der Waals surface area contributed by atoms with Crippen molar-refractivity contribution in [2.75, 3.05) is 13.2 Å². The van der Waals surface area contributed by atoms with E-state index >= 15 is 0 Å². The summed E-state index contributed by atoms with van der Waals surface area (Å²) in [7, 11) is 0. The number of rotatable bonds is 5. The number of ketones is 3. The van der Waals surface area contributed by atoms with Gasteiger partial charge in [0.1, 0.15) is 24.0 Å². The van der Waals surface area contributed by atoms with Gasteiger partial charge in [-0.3, -0.25) is 24.2 Å². The fourth-order valence-corrected chi connectivity index (χ4v) is 6.83. The maximum atomic E-state index is 13.8. The molecule has 0 spiro atoms. The van der Waals surface area contributed by atoms with Crippen molar-refractivity contribution in [1.29, 1.82) is 0 Å². The van der Waals surface area contributed by atoms with Crippen molar-refractivity contribution < 1.29 is 66.8 Å². The smallest absolute Gasteiger partial charge is 0.461 e. The number of allylic oxidation sites excluding steroid dienone is 3. The second kappa shape index (κ2) is 21.1. The predicted octanol–water partition coefficient (Wildman–Crippen LogP) is 3.66. The summed E-state index contributed by atoms with van der Waals surface area (Å²) in [6.45, 7) is 7.32. The molecular formula is C40H48N2O14. The summed E-state index contributed by atoms with van der Waals surface area (Å²) in [6, 6.07) is 2.45. The summed E-state index contributed by atoms with van der Waals surface area (Å²) >= 11 is 0. The molecule has 0 N–H and O–H groups in total. The van der Waals surface area contributed by atoms with Crippen LogP contribution in [0, 0.1) is 11.8 Å². The molecule has 0 saturated carbocycles. The minimum atomic E-state index is -1.95. The predicted molar refractivity (Wildman–Crippen MR) is 193 cm³/mol. The molecule has 16 heteroatoms. The normalized spacial score (nSPS) is 28.4. The van der Waals surface area contributed by atoms with E-state index in [-0.39, 0.29) is 50.5 Å². The Kier molecular flexibility index (Phi) is 16.3. The number of pyridine rings is 1. The number of aromatic nitrogens is 1. The Morgan fingerprint density at radius 1 is 0.893 bits per heavy atom. The summed E-state index contributed by atoms with van der Waals surface area (Å²) in [5.74, 6) is -11.2. The highest BCUT2D eigenvalue weighted by Gasteiger charge is 2.43. The van der Waals surface area contributed by atoms with E-state index in [2.05, 4.69) is 21.0 Å². The van der Waals surface area contributed by atoms with E-state index in [4.69, 9.17) is 14.2 Å². The van der Waals surface area contributed by atoms with Crippen LogP contribution < -0.4 is 0 Å². The van der Waals surface area contributed by atoms with Crippen molar-refractivity contribution in [2.45, 2.75) is 115 Å². The molecule has 0 aromatic carbocycles. The van der Waals surface area contributed by atoms with Crippen LogP contribution in [0.4, 0.5) is 4.79 Å². The summed E-state index contributed by atoms with van der Waals surface area (Å²) in [5, 5.41) is 0. The van der Waals surface area contributed by atoms with Crippen LogP contribution in [0.25, 0.3) is 0 Å². The molecule has 16 nitrogen and oxygen atoms in total. The molecule has 1 amide bonds. The highest BCUT2D eigenvalue weighted by Crippen LogP contribution is 2.27. The summed E-state index contributed by atoms with van der Waals surface area (Å²) in [4.78, 5) is 121. The lowest BCUT2D eigenvalue weighted by Gasteiger charge is -2.35. The van der Waals surface area contributed by atoms with Gasteiger partial charge in [-0.1, -0.05) is 30.7 Å². The SMILES string of the molecule is C=CCC1/C=C(\C)CCCOC(=O)OC(=O)C2CC[C@@H](O2)C(=O)C(=O)C(=O)OC(=O)C(=O)N2CCCC[C@H]2C(=O)O[C@H](CCc2cccnc2)[C@H](C)CCC1=O. The number of hydrogen-bond donors (Lipinski definition) is 0. The molecule has 6 atom stereocenters. The molecule has 3 aliphatic rings. The molecule has 1 aromatic rings. The average Bonchev–Trinajstić information content (AvgIpc) is 3.70. The van der Waals surface area contributed by atoms with Gasteiger partial charge < -0.3 is 28.6 Å². The number of nitrogens with zero attached hydrogens (tertiary/aromatic N) is 2. The fourth-order valence-electron chi connectivity index (χ4n) is 6.83. The van der Waals surface area contributed by atoms with E-state index in [0.29, 0.717) is 51.4 Å². The Labute approximate surface area is 324 Å². The first-order valence-corrected chi connectivity index (χ1v) is 18.9. The number of cyclic esters (lactones) is 6. The van der Waals surface area contributed by atoms with Gasteiger partial charge in [0.25, 0.3) is 0 Å².